The number of ether oxygens (including phenoxy) is 1. The highest BCUT2D eigenvalue weighted by Crippen LogP contribution is 2.14. The molecule has 0 atom stereocenters. The fraction of sp³-hybridized carbons (Fsp3) is 0.588. The normalized spacial score (nSPS) is 16.5. The number of nitrogens with zero attached hydrogens (tertiary/aromatic N) is 2. The van der Waals surface area contributed by atoms with Gasteiger partial charge in [-0.05, 0) is 51.0 Å². The molecule has 0 unspecified atom stereocenters. The lowest BCUT2D eigenvalue weighted by Gasteiger charge is -2.29. The number of guanidine groups is 1. The van der Waals surface area contributed by atoms with Crippen LogP contribution in [0.2, 0.25) is 0 Å². The van der Waals surface area contributed by atoms with Crippen LogP contribution in [-0.2, 0) is 0 Å². The summed E-state index contributed by atoms with van der Waals surface area (Å²) in [5.41, 5.74) is 0. The largest absolute Gasteiger partial charge is 0.492 e. The van der Waals surface area contributed by atoms with E-state index < -0.39 is 0 Å². The topological polar surface area (TPSA) is 48.9 Å². The van der Waals surface area contributed by atoms with Gasteiger partial charge in [0.25, 0.3) is 0 Å². The molecular formula is C17H29IN4O. The highest BCUT2D eigenvalue weighted by Gasteiger charge is 2.16. The summed E-state index contributed by atoms with van der Waals surface area (Å²) >= 11 is 0. The van der Waals surface area contributed by atoms with Crippen molar-refractivity contribution in [3.63, 3.8) is 0 Å². The van der Waals surface area contributed by atoms with Crippen LogP contribution in [-0.4, -0.2) is 57.7 Å². The van der Waals surface area contributed by atoms with Crippen molar-refractivity contribution in [1.29, 1.82) is 0 Å². The molecule has 1 aromatic rings. The Hall–Kier alpha value is -1.02. The van der Waals surface area contributed by atoms with Gasteiger partial charge in [0.1, 0.15) is 12.4 Å². The Bertz CT molecular complexity index is 447. The van der Waals surface area contributed by atoms with Gasteiger partial charge in [-0.15, -0.1) is 24.0 Å². The number of nitrogens with one attached hydrogen (secondary N) is 2. The molecule has 1 fully saturated rings. The minimum Gasteiger partial charge on any atom is -0.492 e. The van der Waals surface area contributed by atoms with E-state index >= 15 is 0 Å². The molecule has 5 nitrogen and oxygen atoms in total. The monoisotopic (exact) mass is 432 g/mol. The van der Waals surface area contributed by atoms with Gasteiger partial charge in [0.2, 0.25) is 0 Å². The molecule has 130 valence electrons. The van der Waals surface area contributed by atoms with Gasteiger partial charge in [-0.25, -0.2) is 0 Å². The Morgan fingerprint density at radius 2 is 1.91 bits per heavy atom. The van der Waals surface area contributed by atoms with E-state index in [1.165, 1.54) is 25.9 Å². The summed E-state index contributed by atoms with van der Waals surface area (Å²) in [5, 5.41) is 6.71. The molecule has 1 heterocycles. The third kappa shape index (κ3) is 7.87. The molecule has 0 radical (unpaired) electrons. The van der Waals surface area contributed by atoms with Crippen LogP contribution in [0.3, 0.4) is 0 Å². The zero-order valence-corrected chi connectivity index (χ0v) is 16.5. The molecule has 1 aromatic carbocycles. The first-order chi connectivity index (χ1) is 10.8. The van der Waals surface area contributed by atoms with Gasteiger partial charge in [-0.2, -0.15) is 0 Å². The predicted molar refractivity (Wildman–Crippen MR) is 107 cm³/mol. The zero-order valence-electron chi connectivity index (χ0n) is 14.1. The lowest BCUT2D eigenvalue weighted by atomic mass is 9.97. The molecule has 0 saturated carbocycles. The molecule has 2 rings (SSSR count). The van der Waals surface area contributed by atoms with E-state index in [0.717, 1.165) is 30.7 Å². The second-order valence-corrected chi connectivity index (χ2v) is 5.79. The summed E-state index contributed by atoms with van der Waals surface area (Å²) in [6, 6.07) is 9.87. The van der Waals surface area contributed by atoms with E-state index in [9.17, 15) is 0 Å². The zero-order chi connectivity index (χ0) is 15.6. The summed E-state index contributed by atoms with van der Waals surface area (Å²) in [4.78, 5) is 6.65. The minimum atomic E-state index is 0. The quantitative estimate of drug-likeness (QED) is 0.313. The van der Waals surface area contributed by atoms with Crippen LogP contribution < -0.4 is 15.4 Å². The molecule has 23 heavy (non-hydrogen) atoms. The SMILES string of the molecule is CN=C(NCCOc1ccccc1)NCC1CCN(C)CC1.I. The molecule has 1 saturated heterocycles. The van der Waals surface area contributed by atoms with Gasteiger partial charge < -0.3 is 20.3 Å². The lowest BCUT2D eigenvalue weighted by Crippen LogP contribution is -2.43. The molecule has 6 heteroatoms. The molecule has 0 aromatic heterocycles. The van der Waals surface area contributed by atoms with E-state index in [0.29, 0.717) is 6.61 Å². The summed E-state index contributed by atoms with van der Waals surface area (Å²) < 4.78 is 5.66. The van der Waals surface area contributed by atoms with E-state index in [-0.39, 0.29) is 24.0 Å². The first kappa shape index (κ1) is 20.0. The van der Waals surface area contributed by atoms with Crippen molar-refractivity contribution in [2.75, 3.05) is 46.9 Å². The minimum absolute atomic E-state index is 0. The van der Waals surface area contributed by atoms with E-state index in [4.69, 9.17) is 4.74 Å². The van der Waals surface area contributed by atoms with Gasteiger partial charge in [0, 0.05) is 13.6 Å². The summed E-state index contributed by atoms with van der Waals surface area (Å²) in [7, 11) is 4.00. The van der Waals surface area contributed by atoms with Crippen LogP contribution in [0, 0.1) is 5.92 Å². The number of para-hydroxylation sites is 1. The molecule has 0 spiro atoms. The van der Waals surface area contributed by atoms with Gasteiger partial charge in [0.15, 0.2) is 5.96 Å². The number of rotatable bonds is 6. The maximum Gasteiger partial charge on any atom is 0.191 e. The highest BCUT2D eigenvalue weighted by atomic mass is 127. The van der Waals surface area contributed by atoms with E-state index in [2.05, 4.69) is 27.6 Å². The van der Waals surface area contributed by atoms with Crippen LogP contribution in [0.25, 0.3) is 0 Å². The van der Waals surface area contributed by atoms with Crippen LogP contribution in [0.15, 0.2) is 35.3 Å². The van der Waals surface area contributed by atoms with Crippen molar-refractivity contribution < 1.29 is 4.74 Å². The summed E-state index contributed by atoms with van der Waals surface area (Å²) in [5.74, 6) is 2.50. The molecule has 1 aliphatic heterocycles. The van der Waals surface area contributed by atoms with E-state index in [1.807, 2.05) is 37.4 Å². The maximum atomic E-state index is 5.66. The van der Waals surface area contributed by atoms with Gasteiger partial charge >= 0.3 is 0 Å². The number of likely N-dealkylation sites (tertiary alicyclic amines) is 1. The second-order valence-electron chi connectivity index (χ2n) is 5.79. The van der Waals surface area contributed by atoms with Crippen molar-refractivity contribution in [2.45, 2.75) is 12.8 Å². The van der Waals surface area contributed by atoms with Crippen LogP contribution in [0.4, 0.5) is 0 Å². The fourth-order valence-corrected chi connectivity index (χ4v) is 2.58. The maximum absolute atomic E-state index is 5.66. The Morgan fingerprint density at radius 1 is 1.22 bits per heavy atom. The number of benzene rings is 1. The van der Waals surface area contributed by atoms with Crippen molar-refractivity contribution >= 4 is 29.9 Å². The third-order valence-corrected chi connectivity index (χ3v) is 4.03. The summed E-state index contributed by atoms with van der Waals surface area (Å²) in [6.45, 7) is 4.75. The Kier molecular flexibility index (Phi) is 10.0. The average molecular weight is 432 g/mol. The Morgan fingerprint density at radius 3 is 2.57 bits per heavy atom. The lowest BCUT2D eigenvalue weighted by molar-refractivity contribution is 0.220. The molecule has 1 aliphatic rings. The van der Waals surface area contributed by atoms with Crippen LogP contribution in [0.5, 0.6) is 5.75 Å². The summed E-state index contributed by atoms with van der Waals surface area (Å²) in [6.07, 6.45) is 2.52. The highest BCUT2D eigenvalue weighted by molar-refractivity contribution is 14.0. The van der Waals surface area contributed by atoms with E-state index in [1.54, 1.807) is 0 Å². The van der Waals surface area contributed by atoms with Crippen molar-refractivity contribution in [2.24, 2.45) is 10.9 Å². The van der Waals surface area contributed by atoms with Crippen molar-refractivity contribution in [3.05, 3.63) is 30.3 Å². The number of piperidine rings is 1. The molecular weight excluding hydrogens is 403 g/mol. The van der Waals surface area contributed by atoms with Crippen molar-refractivity contribution in [1.82, 2.24) is 15.5 Å². The number of aliphatic imine (C=N–C) groups is 1. The predicted octanol–water partition coefficient (Wildman–Crippen LogP) is 2.19. The fourth-order valence-electron chi connectivity index (χ4n) is 2.58. The first-order valence-corrected chi connectivity index (χ1v) is 8.09. The third-order valence-electron chi connectivity index (χ3n) is 4.03. The molecule has 0 bridgehead atoms. The number of halogens is 1. The Balaban J connectivity index is 0.00000264. The van der Waals surface area contributed by atoms with Gasteiger partial charge in [-0.1, -0.05) is 18.2 Å². The van der Waals surface area contributed by atoms with Gasteiger partial charge in [0.05, 0.1) is 6.54 Å². The molecule has 0 aliphatic carbocycles. The molecule has 0 amide bonds. The smallest absolute Gasteiger partial charge is 0.191 e. The van der Waals surface area contributed by atoms with Gasteiger partial charge in [-0.3, -0.25) is 4.99 Å². The number of hydrogen-bond donors (Lipinski definition) is 2. The first-order valence-electron chi connectivity index (χ1n) is 8.09. The van der Waals surface area contributed by atoms with Crippen LogP contribution >= 0.6 is 24.0 Å². The van der Waals surface area contributed by atoms with Crippen molar-refractivity contribution in [3.8, 4) is 5.75 Å². The Labute approximate surface area is 156 Å². The average Bonchev–Trinajstić information content (AvgIpc) is 2.57. The standard InChI is InChI=1S/C17H28N4O.HI/c1-18-17(20-14-15-8-11-21(2)12-9-15)19-10-13-22-16-6-4-3-5-7-16;/h3-7,15H,8-14H2,1-2H3,(H2,18,19,20);1H. The number of hydrogen-bond acceptors (Lipinski definition) is 3. The van der Waals surface area contributed by atoms with Crippen LogP contribution in [0.1, 0.15) is 12.8 Å². The molecule has 2 N–H and O–H groups in total. The second kappa shape index (κ2) is 11.5.